The van der Waals surface area contributed by atoms with Gasteiger partial charge in [-0.05, 0) is 43.9 Å². The summed E-state index contributed by atoms with van der Waals surface area (Å²) in [5.41, 5.74) is 0.0810. The van der Waals surface area contributed by atoms with Crippen LogP contribution < -0.4 is 0 Å². The summed E-state index contributed by atoms with van der Waals surface area (Å²) in [6, 6.07) is 0. The van der Waals surface area contributed by atoms with Gasteiger partial charge in [-0.2, -0.15) is 0 Å². The van der Waals surface area contributed by atoms with Crippen molar-refractivity contribution >= 4 is 5.78 Å². The van der Waals surface area contributed by atoms with Gasteiger partial charge >= 0.3 is 0 Å². The zero-order chi connectivity index (χ0) is 9.76. The second-order valence-electron chi connectivity index (χ2n) is 5.34. The Morgan fingerprint density at radius 2 is 2.21 bits per heavy atom. The molecule has 0 amide bonds. The predicted octanol–water partition coefficient (Wildman–Crippen LogP) is 2.96. The van der Waals surface area contributed by atoms with Crippen LogP contribution in [-0.2, 0) is 4.79 Å². The minimum atomic E-state index is 0.0810. The largest absolute Gasteiger partial charge is 0.299 e. The van der Waals surface area contributed by atoms with Crippen LogP contribution in [0.25, 0.3) is 0 Å². The third-order valence-electron chi connectivity index (χ3n) is 4.97. The van der Waals surface area contributed by atoms with Crippen molar-refractivity contribution in [3.8, 4) is 0 Å². The van der Waals surface area contributed by atoms with Gasteiger partial charge in [0.1, 0.15) is 5.78 Å². The van der Waals surface area contributed by atoms with Crippen molar-refractivity contribution in [1.29, 1.82) is 0 Å². The van der Waals surface area contributed by atoms with Crippen molar-refractivity contribution in [2.24, 2.45) is 23.2 Å². The molecule has 76 valence electrons. The number of ketones is 1. The maximum Gasteiger partial charge on any atom is 0.136 e. The predicted molar refractivity (Wildman–Crippen MR) is 55.8 cm³/mol. The van der Waals surface area contributed by atoms with Crippen LogP contribution in [0, 0.1) is 23.2 Å². The Morgan fingerprint density at radius 3 is 2.93 bits per heavy atom. The maximum absolute atomic E-state index is 12.0. The number of hydrogen-bond acceptors (Lipinski definition) is 1. The van der Waals surface area contributed by atoms with E-state index in [1.807, 2.05) is 6.92 Å². The van der Waals surface area contributed by atoms with Gasteiger partial charge in [0.15, 0.2) is 0 Å². The molecule has 1 heteroatoms. The van der Waals surface area contributed by atoms with E-state index in [4.69, 9.17) is 0 Å². The topological polar surface area (TPSA) is 17.1 Å². The van der Waals surface area contributed by atoms with Crippen LogP contribution in [-0.4, -0.2) is 5.78 Å². The molecular weight excluding hydrogens is 172 g/mol. The second kappa shape index (κ2) is 2.71. The average Bonchev–Trinajstić information content (AvgIpc) is 2.77. The molecular formula is C13H18O. The van der Waals surface area contributed by atoms with Crippen molar-refractivity contribution < 1.29 is 4.79 Å². The molecule has 4 atom stereocenters. The highest BCUT2D eigenvalue weighted by molar-refractivity contribution is 5.84. The molecule has 2 fully saturated rings. The highest BCUT2D eigenvalue weighted by atomic mass is 16.1. The summed E-state index contributed by atoms with van der Waals surface area (Å²) in [4.78, 5) is 12.0. The van der Waals surface area contributed by atoms with Crippen LogP contribution in [0.15, 0.2) is 12.2 Å². The molecule has 3 aliphatic carbocycles. The number of carbonyl (C=O) groups excluding carboxylic acids is 1. The lowest BCUT2D eigenvalue weighted by Crippen LogP contribution is -2.42. The van der Waals surface area contributed by atoms with E-state index in [1.165, 1.54) is 32.1 Å². The first-order valence-corrected chi connectivity index (χ1v) is 5.94. The highest BCUT2D eigenvalue weighted by Crippen LogP contribution is 2.62. The fraction of sp³-hybridized carbons (Fsp3) is 0.769. The Morgan fingerprint density at radius 1 is 1.36 bits per heavy atom. The summed E-state index contributed by atoms with van der Waals surface area (Å²) in [6.45, 7) is 1.83. The van der Waals surface area contributed by atoms with Gasteiger partial charge in [0.05, 0.1) is 0 Å². The first kappa shape index (κ1) is 8.70. The van der Waals surface area contributed by atoms with E-state index in [9.17, 15) is 4.79 Å². The summed E-state index contributed by atoms with van der Waals surface area (Å²) in [5.74, 6) is 2.50. The lowest BCUT2D eigenvalue weighted by molar-refractivity contribution is -0.133. The summed E-state index contributed by atoms with van der Waals surface area (Å²) in [6.07, 6.45) is 11.0. The molecule has 0 aromatic rings. The van der Waals surface area contributed by atoms with Crippen LogP contribution in [0.2, 0.25) is 0 Å². The fourth-order valence-electron chi connectivity index (χ4n) is 4.39. The van der Waals surface area contributed by atoms with Crippen LogP contribution in [0.4, 0.5) is 0 Å². The van der Waals surface area contributed by atoms with Crippen LogP contribution in [0.5, 0.6) is 0 Å². The molecule has 2 bridgehead atoms. The third-order valence-corrected chi connectivity index (χ3v) is 4.97. The average molecular weight is 190 g/mol. The van der Waals surface area contributed by atoms with Crippen LogP contribution in [0.1, 0.15) is 39.0 Å². The van der Waals surface area contributed by atoms with Crippen molar-refractivity contribution in [3.05, 3.63) is 12.2 Å². The summed E-state index contributed by atoms with van der Waals surface area (Å²) in [7, 11) is 0. The van der Waals surface area contributed by atoms with Gasteiger partial charge in [0.2, 0.25) is 0 Å². The number of rotatable bonds is 1. The maximum atomic E-state index is 12.0. The van der Waals surface area contributed by atoms with Crippen molar-refractivity contribution in [3.63, 3.8) is 0 Å². The molecule has 0 N–H and O–H groups in total. The Balaban J connectivity index is 2.05. The van der Waals surface area contributed by atoms with E-state index in [0.717, 1.165) is 5.92 Å². The lowest BCUT2D eigenvalue weighted by atomic mass is 9.59. The van der Waals surface area contributed by atoms with Gasteiger partial charge in [-0.3, -0.25) is 4.79 Å². The van der Waals surface area contributed by atoms with Gasteiger partial charge in [0.25, 0.3) is 0 Å². The molecule has 3 aliphatic rings. The van der Waals surface area contributed by atoms with Crippen LogP contribution >= 0.6 is 0 Å². The van der Waals surface area contributed by atoms with E-state index in [1.54, 1.807) is 0 Å². The third kappa shape index (κ3) is 0.838. The smallest absolute Gasteiger partial charge is 0.136 e. The number of hydrogen-bond donors (Lipinski definition) is 0. The van der Waals surface area contributed by atoms with Crippen molar-refractivity contribution in [1.82, 2.24) is 0 Å². The summed E-state index contributed by atoms with van der Waals surface area (Å²) in [5, 5.41) is 0. The number of allylic oxidation sites excluding steroid dienone is 2. The van der Waals surface area contributed by atoms with Gasteiger partial charge in [-0.15, -0.1) is 0 Å². The van der Waals surface area contributed by atoms with Gasteiger partial charge in [-0.25, -0.2) is 0 Å². The van der Waals surface area contributed by atoms with Crippen molar-refractivity contribution in [2.75, 3.05) is 0 Å². The van der Waals surface area contributed by atoms with Crippen molar-refractivity contribution in [2.45, 2.75) is 39.0 Å². The standard InChI is InChI=1S/C13H18O/c1-9(14)13-7-3-2-4-12(13)10-5-6-11(13)8-10/h5-6,10-12H,2-4,7-8H2,1H3/t10-,11+,12+,13+/m0/s1. The highest BCUT2D eigenvalue weighted by Gasteiger charge is 2.58. The second-order valence-corrected chi connectivity index (χ2v) is 5.34. The Labute approximate surface area is 85.6 Å². The Kier molecular flexibility index (Phi) is 1.68. The number of carbonyl (C=O) groups is 1. The lowest BCUT2D eigenvalue weighted by Gasteiger charge is -2.43. The van der Waals surface area contributed by atoms with Crippen LogP contribution in [0.3, 0.4) is 0 Å². The molecule has 0 aromatic heterocycles. The molecule has 0 saturated heterocycles. The number of Topliss-reactive ketones (excluding diaryl/α,β-unsaturated/α-hetero) is 1. The first-order valence-electron chi connectivity index (χ1n) is 5.94. The van der Waals surface area contributed by atoms with Gasteiger partial charge < -0.3 is 0 Å². The van der Waals surface area contributed by atoms with E-state index in [-0.39, 0.29) is 5.41 Å². The normalized spacial score (nSPS) is 49.4. The molecule has 2 saturated carbocycles. The fourth-order valence-corrected chi connectivity index (χ4v) is 4.39. The minimum absolute atomic E-state index is 0.0810. The zero-order valence-corrected chi connectivity index (χ0v) is 8.83. The molecule has 0 heterocycles. The molecule has 14 heavy (non-hydrogen) atoms. The Hall–Kier alpha value is -0.590. The van der Waals surface area contributed by atoms with Gasteiger partial charge in [-0.1, -0.05) is 25.0 Å². The molecule has 0 spiro atoms. The molecule has 3 rings (SSSR count). The van der Waals surface area contributed by atoms with Gasteiger partial charge in [0, 0.05) is 5.41 Å². The summed E-state index contributed by atoms with van der Waals surface area (Å²) >= 11 is 0. The molecule has 1 nitrogen and oxygen atoms in total. The number of fused-ring (bicyclic) bond motifs is 5. The Bertz CT molecular complexity index is 304. The molecule has 0 radical (unpaired) electrons. The minimum Gasteiger partial charge on any atom is -0.299 e. The van der Waals surface area contributed by atoms with E-state index >= 15 is 0 Å². The monoisotopic (exact) mass is 190 g/mol. The molecule has 0 aromatic carbocycles. The zero-order valence-electron chi connectivity index (χ0n) is 8.83. The molecule has 0 aliphatic heterocycles. The van der Waals surface area contributed by atoms with E-state index < -0.39 is 0 Å². The quantitative estimate of drug-likeness (QED) is 0.581. The molecule has 0 unspecified atom stereocenters. The first-order chi connectivity index (χ1) is 6.75. The van der Waals surface area contributed by atoms with E-state index in [2.05, 4.69) is 12.2 Å². The SMILES string of the molecule is CC(=O)[C@@]12CCCC[C@@H]1[C@H]1C=C[C@@H]2C1. The summed E-state index contributed by atoms with van der Waals surface area (Å²) < 4.78 is 0. The van der Waals surface area contributed by atoms with E-state index in [0.29, 0.717) is 17.6 Å².